The lowest BCUT2D eigenvalue weighted by molar-refractivity contribution is 0.0350. The van der Waals surface area contributed by atoms with E-state index in [4.69, 9.17) is 10.5 Å². The van der Waals surface area contributed by atoms with Gasteiger partial charge < -0.3 is 10.5 Å². The molecule has 0 radical (unpaired) electrons. The number of nitrogens with two attached hydrogens (primary N) is 1. The van der Waals surface area contributed by atoms with Crippen LogP contribution >= 0.6 is 0 Å². The number of fused-ring (bicyclic) bond motifs is 1. The summed E-state index contributed by atoms with van der Waals surface area (Å²) in [6.07, 6.45) is 2.53. The second kappa shape index (κ2) is 4.86. The van der Waals surface area contributed by atoms with Gasteiger partial charge in [-0.3, -0.25) is 0 Å². The fourth-order valence-corrected chi connectivity index (χ4v) is 4.28. The molecule has 0 bridgehead atoms. The van der Waals surface area contributed by atoms with Gasteiger partial charge in [0.1, 0.15) is 0 Å². The van der Waals surface area contributed by atoms with Crippen LogP contribution in [0.15, 0.2) is 23.1 Å². The topological polar surface area (TPSA) is 72.6 Å². The van der Waals surface area contributed by atoms with Crippen molar-refractivity contribution in [2.45, 2.75) is 30.3 Å². The molecule has 0 amide bonds. The quantitative estimate of drug-likeness (QED) is 0.856. The molecule has 1 aliphatic carbocycles. The summed E-state index contributed by atoms with van der Waals surface area (Å²) in [5.74, 6) is 0. The second-order valence-electron chi connectivity index (χ2n) is 5.04. The summed E-state index contributed by atoms with van der Waals surface area (Å²) in [6.45, 7) is 0.975. The van der Waals surface area contributed by atoms with Gasteiger partial charge in [-0.05, 0) is 42.5 Å². The molecule has 3 rings (SSSR count). The van der Waals surface area contributed by atoms with Crippen molar-refractivity contribution in [3.8, 4) is 0 Å². The first-order chi connectivity index (χ1) is 9.09. The van der Waals surface area contributed by atoms with Crippen LogP contribution in [0.3, 0.4) is 0 Å². The molecule has 5 nitrogen and oxygen atoms in total. The van der Waals surface area contributed by atoms with Crippen LogP contribution in [-0.4, -0.2) is 38.6 Å². The van der Waals surface area contributed by atoms with E-state index >= 15 is 0 Å². The molecule has 19 heavy (non-hydrogen) atoms. The number of ether oxygens (including phenoxy) is 1. The van der Waals surface area contributed by atoms with Crippen molar-refractivity contribution in [1.82, 2.24) is 4.31 Å². The third kappa shape index (κ3) is 2.29. The van der Waals surface area contributed by atoms with E-state index in [1.54, 1.807) is 12.1 Å². The number of hydrogen-bond donors (Lipinski definition) is 1. The van der Waals surface area contributed by atoms with E-state index in [0.29, 0.717) is 18.0 Å². The Bertz CT molecular complexity index is 586. The Morgan fingerprint density at radius 1 is 1.26 bits per heavy atom. The van der Waals surface area contributed by atoms with Gasteiger partial charge in [-0.15, -0.1) is 0 Å². The molecule has 0 saturated carbocycles. The number of sulfonamides is 1. The molecule has 1 fully saturated rings. The Labute approximate surface area is 113 Å². The zero-order chi connectivity index (χ0) is 13.5. The maximum atomic E-state index is 12.6. The fourth-order valence-electron chi connectivity index (χ4n) is 2.75. The SMILES string of the molecule is NC1COCCN1S(=O)(=O)c1ccc2c(c1)CCC2. The molecule has 1 atom stereocenters. The van der Waals surface area contributed by atoms with E-state index in [0.717, 1.165) is 24.8 Å². The first-order valence-corrected chi connectivity index (χ1v) is 8.00. The molecule has 1 aromatic carbocycles. The molecule has 1 saturated heterocycles. The normalized spacial score (nSPS) is 24.4. The van der Waals surface area contributed by atoms with E-state index in [2.05, 4.69) is 0 Å². The third-order valence-corrected chi connectivity index (χ3v) is 5.71. The maximum Gasteiger partial charge on any atom is 0.244 e. The molecule has 1 heterocycles. The van der Waals surface area contributed by atoms with E-state index < -0.39 is 16.2 Å². The van der Waals surface area contributed by atoms with Gasteiger partial charge in [-0.2, -0.15) is 4.31 Å². The Morgan fingerprint density at radius 3 is 2.84 bits per heavy atom. The predicted molar refractivity (Wildman–Crippen MR) is 71.2 cm³/mol. The lowest BCUT2D eigenvalue weighted by Gasteiger charge is -2.31. The highest BCUT2D eigenvalue weighted by Crippen LogP contribution is 2.27. The van der Waals surface area contributed by atoms with Crippen LogP contribution in [0, 0.1) is 0 Å². The zero-order valence-corrected chi connectivity index (χ0v) is 11.5. The number of aryl methyl sites for hydroxylation is 2. The van der Waals surface area contributed by atoms with Gasteiger partial charge in [-0.25, -0.2) is 8.42 Å². The summed E-state index contributed by atoms with van der Waals surface area (Å²) < 4.78 is 31.7. The molecular formula is C13H18N2O3S. The Balaban J connectivity index is 1.95. The largest absolute Gasteiger partial charge is 0.377 e. The minimum atomic E-state index is -3.50. The molecule has 1 aliphatic heterocycles. The zero-order valence-electron chi connectivity index (χ0n) is 10.7. The van der Waals surface area contributed by atoms with Gasteiger partial charge >= 0.3 is 0 Å². The van der Waals surface area contributed by atoms with Crippen molar-refractivity contribution < 1.29 is 13.2 Å². The van der Waals surface area contributed by atoms with Gasteiger partial charge in [0.15, 0.2) is 0 Å². The minimum absolute atomic E-state index is 0.254. The van der Waals surface area contributed by atoms with Gasteiger partial charge in [0.25, 0.3) is 0 Å². The van der Waals surface area contributed by atoms with E-state index in [1.807, 2.05) is 6.07 Å². The van der Waals surface area contributed by atoms with E-state index in [9.17, 15) is 8.42 Å². The van der Waals surface area contributed by atoms with Crippen LogP contribution in [0.25, 0.3) is 0 Å². The summed E-state index contributed by atoms with van der Waals surface area (Å²) in [5, 5.41) is 0. The first-order valence-electron chi connectivity index (χ1n) is 6.56. The summed E-state index contributed by atoms with van der Waals surface area (Å²) in [4.78, 5) is 0.352. The van der Waals surface area contributed by atoms with Gasteiger partial charge in [0.05, 0.1) is 24.3 Å². The van der Waals surface area contributed by atoms with E-state index in [-0.39, 0.29) is 6.61 Å². The molecule has 104 valence electrons. The summed E-state index contributed by atoms with van der Waals surface area (Å²) in [6, 6.07) is 5.43. The van der Waals surface area contributed by atoms with Crippen molar-refractivity contribution in [3.05, 3.63) is 29.3 Å². The maximum absolute atomic E-state index is 12.6. The summed E-state index contributed by atoms with van der Waals surface area (Å²) in [5.41, 5.74) is 8.26. The highest BCUT2D eigenvalue weighted by atomic mass is 32.2. The monoisotopic (exact) mass is 282 g/mol. The van der Waals surface area contributed by atoms with Crippen molar-refractivity contribution in [2.24, 2.45) is 5.73 Å². The van der Waals surface area contributed by atoms with Crippen LogP contribution in [-0.2, 0) is 27.6 Å². The molecule has 1 aromatic rings. The van der Waals surface area contributed by atoms with E-state index in [1.165, 1.54) is 9.87 Å². The highest BCUT2D eigenvalue weighted by Gasteiger charge is 2.32. The van der Waals surface area contributed by atoms with Crippen molar-refractivity contribution in [1.29, 1.82) is 0 Å². The standard InChI is InChI=1S/C13H18N2O3S/c14-13-9-18-7-6-15(13)19(16,17)12-5-4-10-2-1-3-11(10)8-12/h4-5,8,13H,1-3,6-7,9,14H2. The van der Waals surface area contributed by atoms with Gasteiger partial charge in [-0.1, -0.05) is 6.07 Å². The molecule has 2 aliphatic rings. The van der Waals surface area contributed by atoms with Crippen LogP contribution < -0.4 is 5.73 Å². The molecule has 1 unspecified atom stereocenters. The molecule has 6 heteroatoms. The van der Waals surface area contributed by atoms with Crippen molar-refractivity contribution in [3.63, 3.8) is 0 Å². The lowest BCUT2D eigenvalue weighted by Crippen LogP contribution is -2.53. The number of nitrogens with zero attached hydrogens (tertiary/aromatic N) is 1. The fraction of sp³-hybridized carbons (Fsp3) is 0.538. The second-order valence-corrected chi connectivity index (χ2v) is 6.93. The average Bonchev–Trinajstić information content (AvgIpc) is 2.86. The number of rotatable bonds is 2. The molecule has 0 aromatic heterocycles. The van der Waals surface area contributed by atoms with Crippen molar-refractivity contribution in [2.75, 3.05) is 19.8 Å². The van der Waals surface area contributed by atoms with Crippen LogP contribution in [0.5, 0.6) is 0 Å². The predicted octanol–water partition coefficient (Wildman–Crippen LogP) is 0.481. The number of benzene rings is 1. The number of hydrogen-bond acceptors (Lipinski definition) is 4. The average molecular weight is 282 g/mol. The van der Waals surface area contributed by atoms with Crippen molar-refractivity contribution >= 4 is 10.0 Å². The number of morpholine rings is 1. The van der Waals surface area contributed by atoms with Gasteiger partial charge in [0, 0.05) is 6.54 Å². The third-order valence-electron chi connectivity index (χ3n) is 3.79. The smallest absolute Gasteiger partial charge is 0.244 e. The Kier molecular flexibility index (Phi) is 3.34. The highest BCUT2D eigenvalue weighted by molar-refractivity contribution is 7.89. The van der Waals surface area contributed by atoms with Crippen LogP contribution in [0.4, 0.5) is 0 Å². The summed E-state index contributed by atoms with van der Waals surface area (Å²) in [7, 11) is -3.50. The minimum Gasteiger partial charge on any atom is -0.377 e. The van der Waals surface area contributed by atoms with Gasteiger partial charge in [0.2, 0.25) is 10.0 Å². The molecular weight excluding hydrogens is 264 g/mol. The first kappa shape index (κ1) is 13.1. The lowest BCUT2D eigenvalue weighted by atomic mass is 10.1. The molecule has 0 spiro atoms. The van der Waals surface area contributed by atoms with Crippen LogP contribution in [0.2, 0.25) is 0 Å². The Hall–Kier alpha value is -0.950. The van der Waals surface area contributed by atoms with Crippen LogP contribution in [0.1, 0.15) is 17.5 Å². The molecule has 2 N–H and O–H groups in total. The summed E-state index contributed by atoms with van der Waals surface area (Å²) >= 11 is 0. The Morgan fingerprint density at radius 2 is 2.05 bits per heavy atom.